The van der Waals surface area contributed by atoms with Crippen molar-refractivity contribution in [1.29, 1.82) is 0 Å². The van der Waals surface area contributed by atoms with E-state index < -0.39 is 38.2 Å². The van der Waals surface area contributed by atoms with Gasteiger partial charge in [-0.25, -0.2) is 15.0 Å². The minimum atomic E-state index is -1.84. The Hall–Kier alpha value is -1.71. The fourth-order valence-corrected chi connectivity index (χ4v) is 4.39. The van der Waals surface area contributed by atoms with Crippen molar-refractivity contribution in [2.45, 2.75) is 76.3 Å². The highest BCUT2D eigenvalue weighted by Gasteiger charge is 2.48. The van der Waals surface area contributed by atoms with Crippen LogP contribution in [0.1, 0.15) is 46.8 Å². The fraction of sp³-hybridized carbons (Fsp3) is 0.722. The maximum absolute atomic E-state index is 12.3. The van der Waals surface area contributed by atoms with Crippen LogP contribution in [0, 0.1) is 0 Å². The van der Waals surface area contributed by atoms with Crippen molar-refractivity contribution in [3.05, 3.63) is 12.7 Å². The number of rotatable bonds is 8. The van der Waals surface area contributed by atoms with Crippen molar-refractivity contribution in [2.75, 3.05) is 12.4 Å². The number of nitrogens with one attached hydrogen (secondary N) is 1. The predicted octanol–water partition coefficient (Wildman–Crippen LogP) is 2.21. The highest BCUT2D eigenvalue weighted by Crippen LogP contribution is 2.41. The SMILES string of the molecule is CCC(C)[P+](=O)OC(C)(C)C[C@H]1OC(n2cnc3c(NC)ncnc32)[C@H](O)[C@@H]1O. The number of fused-ring (bicyclic) bond motifs is 1. The Bertz CT molecular complexity index is 875. The van der Waals surface area contributed by atoms with Crippen LogP contribution in [0.4, 0.5) is 5.82 Å². The maximum atomic E-state index is 12.3. The molecule has 1 aliphatic rings. The summed E-state index contributed by atoms with van der Waals surface area (Å²) in [5, 5.41) is 24.1. The molecule has 6 atom stereocenters. The van der Waals surface area contributed by atoms with Crippen LogP contribution < -0.4 is 5.32 Å². The van der Waals surface area contributed by atoms with Crippen molar-refractivity contribution in [2.24, 2.45) is 0 Å². The number of hydrogen-bond acceptors (Lipinski definition) is 9. The van der Waals surface area contributed by atoms with Gasteiger partial charge in [-0.3, -0.25) is 4.57 Å². The number of ether oxygens (including phenoxy) is 1. The van der Waals surface area contributed by atoms with E-state index in [1.807, 2.05) is 13.8 Å². The van der Waals surface area contributed by atoms with E-state index in [1.54, 1.807) is 25.5 Å². The third kappa shape index (κ3) is 4.41. The topological polar surface area (TPSA) is 132 Å². The average Bonchev–Trinajstić information content (AvgIpc) is 3.22. The largest absolute Gasteiger partial charge is 0.511 e. The van der Waals surface area contributed by atoms with Crippen LogP contribution in [0.5, 0.6) is 0 Å². The van der Waals surface area contributed by atoms with E-state index in [0.29, 0.717) is 17.0 Å². The van der Waals surface area contributed by atoms with Gasteiger partial charge in [0.15, 0.2) is 23.4 Å². The molecule has 2 aromatic rings. The molecule has 0 radical (unpaired) electrons. The molecule has 0 bridgehead atoms. The van der Waals surface area contributed by atoms with E-state index in [1.165, 1.54) is 12.7 Å². The Kier molecular flexibility index (Phi) is 6.50. The van der Waals surface area contributed by atoms with Gasteiger partial charge in [-0.1, -0.05) is 6.92 Å². The molecule has 10 nitrogen and oxygen atoms in total. The lowest BCUT2D eigenvalue weighted by Gasteiger charge is -2.24. The maximum Gasteiger partial charge on any atom is 0.511 e. The first-order valence-electron chi connectivity index (χ1n) is 9.71. The zero-order chi connectivity index (χ0) is 21.3. The van der Waals surface area contributed by atoms with Gasteiger partial charge in [0.2, 0.25) is 0 Å². The van der Waals surface area contributed by atoms with Gasteiger partial charge in [0.05, 0.1) is 12.4 Å². The van der Waals surface area contributed by atoms with Gasteiger partial charge in [0.25, 0.3) is 0 Å². The quantitative estimate of drug-likeness (QED) is 0.544. The number of aliphatic hydroxyl groups excluding tert-OH is 2. The molecule has 29 heavy (non-hydrogen) atoms. The molecular weight excluding hydrogens is 397 g/mol. The van der Waals surface area contributed by atoms with E-state index >= 15 is 0 Å². The summed E-state index contributed by atoms with van der Waals surface area (Å²) < 4.78 is 25.6. The predicted molar refractivity (Wildman–Crippen MR) is 108 cm³/mol. The van der Waals surface area contributed by atoms with E-state index in [9.17, 15) is 14.8 Å². The molecule has 1 saturated heterocycles. The zero-order valence-electron chi connectivity index (χ0n) is 17.3. The van der Waals surface area contributed by atoms with E-state index in [2.05, 4.69) is 20.3 Å². The lowest BCUT2D eigenvalue weighted by atomic mass is 9.97. The monoisotopic (exact) mass is 426 g/mol. The Morgan fingerprint density at radius 3 is 2.72 bits per heavy atom. The molecule has 0 aliphatic carbocycles. The van der Waals surface area contributed by atoms with Crippen LogP contribution in [0.15, 0.2) is 12.7 Å². The second-order valence-corrected chi connectivity index (χ2v) is 9.58. The number of imidazole rings is 1. The molecule has 11 heteroatoms. The minimum absolute atomic E-state index is 0.0598. The van der Waals surface area contributed by atoms with E-state index in [0.717, 1.165) is 6.42 Å². The molecule has 0 amide bonds. The van der Waals surface area contributed by atoms with Crippen LogP contribution in [-0.4, -0.2) is 66.4 Å². The van der Waals surface area contributed by atoms with Gasteiger partial charge in [0, 0.05) is 13.5 Å². The second kappa shape index (κ2) is 8.57. The third-order valence-electron chi connectivity index (χ3n) is 5.19. The van der Waals surface area contributed by atoms with Crippen molar-refractivity contribution >= 4 is 25.0 Å². The van der Waals surface area contributed by atoms with Crippen LogP contribution in [0.3, 0.4) is 0 Å². The van der Waals surface area contributed by atoms with Crippen LogP contribution in [-0.2, 0) is 13.8 Å². The smallest absolute Gasteiger partial charge is 0.388 e. The molecule has 2 aromatic heterocycles. The first-order valence-corrected chi connectivity index (χ1v) is 11.0. The summed E-state index contributed by atoms with van der Waals surface area (Å²) in [5.41, 5.74) is 0.167. The molecule has 3 heterocycles. The molecule has 3 rings (SSSR count). The number of anilines is 1. The Balaban J connectivity index is 1.78. The van der Waals surface area contributed by atoms with Crippen molar-refractivity contribution in [3.63, 3.8) is 0 Å². The Morgan fingerprint density at radius 1 is 1.34 bits per heavy atom. The van der Waals surface area contributed by atoms with Crippen molar-refractivity contribution < 1.29 is 24.0 Å². The molecule has 3 unspecified atom stereocenters. The lowest BCUT2D eigenvalue weighted by molar-refractivity contribution is -0.0578. The standard InChI is InChI=1S/C18H29N5O5P/c1-6-10(2)29(26)28-18(3,4)7-11-13(24)14(25)17(27-11)23-9-22-12-15(19-5)20-8-21-16(12)23/h8-11,13-14,17,24-25H,6-7H2,1-5H3,(H,19,20,21)/q+1/t10?,11-,13-,14-,17?/m1/s1. The third-order valence-corrected chi connectivity index (χ3v) is 6.95. The van der Waals surface area contributed by atoms with Crippen molar-refractivity contribution in [1.82, 2.24) is 19.5 Å². The Morgan fingerprint density at radius 2 is 2.07 bits per heavy atom. The van der Waals surface area contributed by atoms with Crippen LogP contribution in [0.25, 0.3) is 11.2 Å². The van der Waals surface area contributed by atoms with Gasteiger partial charge in [-0.15, -0.1) is 4.52 Å². The van der Waals surface area contributed by atoms with E-state index in [4.69, 9.17) is 9.26 Å². The van der Waals surface area contributed by atoms with Gasteiger partial charge >= 0.3 is 8.03 Å². The normalized spacial score (nSPS) is 26.7. The van der Waals surface area contributed by atoms with Crippen LogP contribution >= 0.6 is 8.03 Å². The van der Waals surface area contributed by atoms with Gasteiger partial charge in [-0.2, -0.15) is 0 Å². The molecular formula is C18H29N5O5P+. The molecule has 160 valence electrons. The first-order chi connectivity index (χ1) is 13.7. The number of aromatic nitrogens is 4. The molecule has 3 N–H and O–H groups in total. The van der Waals surface area contributed by atoms with Gasteiger partial charge in [0.1, 0.15) is 29.7 Å². The molecule has 0 aromatic carbocycles. The molecule has 0 saturated carbocycles. The highest BCUT2D eigenvalue weighted by atomic mass is 31.1. The van der Waals surface area contributed by atoms with E-state index in [-0.39, 0.29) is 12.1 Å². The molecule has 0 spiro atoms. The second-order valence-electron chi connectivity index (χ2n) is 7.94. The van der Waals surface area contributed by atoms with Crippen molar-refractivity contribution in [3.8, 4) is 0 Å². The minimum Gasteiger partial charge on any atom is -0.388 e. The number of aliphatic hydroxyl groups is 2. The summed E-state index contributed by atoms with van der Waals surface area (Å²) in [5.74, 6) is 0.557. The van der Waals surface area contributed by atoms with Crippen LogP contribution in [0.2, 0.25) is 0 Å². The average molecular weight is 426 g/mol. The number of hydrogen-bond donors (Lipinski definition) is 3. The first kappa shape index (κ1) is 22.0. The zero-order valence-corrected chi connectivity index (χ0v) is 18.2. The highest BCUT2D eigenvalue weighted by molar-refractivity contribution is 7.40. The Labute approximate surface area is 170 Å². The number of nitrogens with zero attached hydrogens (tertiary/aromatic N) is 4. The summed E-state index contributed by atoms with van der Waals surface area (Å²) in [6.07, 6.45) is 0.0415. The molecule has 1 fully saturated rings. The summed E-state index contributed by atoms with van der Waals surface area (Å²) in [6.45, 7) is 7.44. The summed E-state index contributed by atoms with van der Waals surface area (Å²) in [7, 11) is -0.111. The summed E-state index contributed by atoms with van der Waals surface area (Å²) >= 11 is 0. The summed E-state index contributed by atoms with van der Waals surface area (Å²) in [4.78, 5) is 12.7. The molecule has 1 aliphatic heterocycles. The lowest BCUT2D eigenvalue weighted by Crippen LogP contribution is -2.36. The van der Waals surface area contributed by atoms with Gasteiger partial charge in [-0.05, 0) is 31.8 Å². The summed E-state index contributed by atoms with van der Waals surface area (Å²) in [6, 6.07) is 0. The fourth-order valence-electron chi connectivity index (χ4n) is 3.35. The van der Waals surface area contributed by atoms with Gasteiger partial charge < -0.3 is 20.3 Å².